The summed E-state index contributed by atoms with van der Waals surface area (Å²) >= 11 is 0. The molecular formula is C20H35Cl2FN4O. The van der Waals surface area contributed by atoms with Gasteiger partial charge in [-0.3, -0.25) is 4.79 Å². The molecule has 0 spiro atoms. The molecule has 162 valence electrons. The maximum absolute atomic E-state index is 14.6. The van der Waals surface area contributed by atoms with Crippen molar-refractivity contribution < 1.29 is 9.18 Å². The van der Waals surface area contributed by atoms with Gasteiger partial charge in [-0.15, -0.1) is 24.8 Å². The van der Waals surface area contributed by atoms with Gasteiger partial charge in [-0.05, 0) is 37.1 Å². The third-order valence-corrected chi connectivity index (χ3v) is 5.36. The second-order valence-corrected chi connectivity index (χ2v) is 7.51. The highest BCUT2D eigenvalue weighted by Crippen LogP contribution is 2.22. The van der Waals surface area contributed by atoms with Crippen LogP contribution in [0.1, 0.15) is 37.6 Å². The van der Waals surface area contributed by atoms with E-state index in [1.807, 2.05) is 0 Å². The maximum Gasteiger partial charge on any atom is 0.253 e. The zero-order chi connectivity index (χ0) is 19.3. The Hall–Kier alpha value is -1.08. The van der Waals surface area contributed by atoms with E-state index in [1.165, 1.54) is 6.07 Å². The van der Waals surface area contributed by atoms with Crippen molar-refractivity contribution in [3.8, 4) is 0 Å². The van der Waals surface area contributed by atoms with Crippen molar-refractivity contribution in [2.45, 2.75) is 33.2 Å². The summed E-state index contributed by atoms with van der Waals surface area (Å²) in [4.78, 5) is 18.6. The first-order valence-corrected chi connectivity index (χ1v) is 9.61. The number of carbonyl (C=O) groups is 1. The lowest BCUT2D eigenvalue weighted by atomic mass is 10.0. The molecule has 0 bridgehead atoms. The van der Waals surface area contributed by atoms with Crippen LogP contribution in [0.4, 0.5) is 10.1 Å². The molecule has 1 aliphatic heterocycles. The third-order valence-electron chi connectivity index (χ3n) is 5.36. The standard InChI is InChI=1S/C20H33FN4O.2ClH/c1-5-24-10-12-25(13-11-24)19-7-6-16(14-17(19)21)20(26)23(4)9-8-18(22)15(2)3;;/h6-7,14-15,18H,5,8-13,22H2,1-4H3;2*1H. The monoisotopic (exact) mass is 436 g/mol. The summed E-state index contributed by atoms with van der Waals surface area (Å²) in [6, 6.07) is 4.89. The van der Waals surface area contributed by atoms with Crippen molar-refractivity contribution in [3.05, 3.63) is 29.6 Å². The summed E-state index contributed by atoms with van der Waals surface area (Å²) < 4.78 is 14.6. The topological polar surface area (TPSA) is 52.8 Å². The largest absolute Gasteiger partial charge is 0.367 e. The average molecular weight is 437 g/mol. The second-order valence-electron chi connectivity index (χ2n) is 7.51. The molecule has 1 fully saturated rings. The normalized spacial score (nSPS) is 15.6. The summed E-state index contributed by atoms with van der Waals surface area (Å²) in [5.41, 5.74) is 7.02. The molecule has 0 saturated carbocycles. The zero-order valence-electron chi connectivity index (χ0n) is 17.4. The fourth-order valence-electron chi connectivity index (χ4n) is 3.20. The highest BCUT2D eigenvalue weighted by molar-refractivity contribution is 5.94. The van der Waals surface area contributed by atoms with Crippen LogP contribution in [-0.4, -0.2) is 68.1 Å². The van der Waals surface area contributed by atoms with Gasteiger partial charge in [0.1, 0.15) is 5.82 Å². The minimum absolute atomic E-state index is 0. The summed E-state index contributed by atoms with van der Waals surface area (Å²) in [6.45, 7) is 11.4. The number of benzene rings is 1. The Morgan fingerprint density at radius 3 is 2.32 bits per heavy atom. The lowest BCUT2D eigenvalue weighted by Gasteiger charge is -2.35. The average Bonchev–Trinajstić information content (AvgIpc) is 2.65. The van der Waals surface area contributed by atoms with Crippen molar-refractivity contribution >= 4 is 36.4 Å². The van der Waals surface area contributed by atoms with Crippen molar-refractivity contribution in [2.75, 3.05) is 51.2 Å². The lowest BCUT2D eigenvalue weighted by Crippen LogP contribution is -2.46. The van der Waals surface area contributed by atoms with Gasteiger partial charge in [-0.1, -0.05) is 20.8 Å². The van der Waals surface area contributed by atoms with E-state index in [0.29, 0.717) is 23.7 Å². The van der Waals surface area contributed by atoms with Crippen LogP contribution in [0.3, 0.4) is 0 Å². The highest BCUT2D eigenvalue weighted by atomic mass is 35.5. The molecule has 2 rings (SSSR count). The van der Waals surface area contributed by atoms with Crippen LogP contribution < -0.4 is 10.6 Å². The van der Waals surface area contributed by atoms with E-state index in [2.05, 4.69) is 30.6 Å². The molecule has 2 N–H and O–H groups in total. The van der Waals surface area contributed by atoms with E-state index in [0.717, 1.165) is 39.1 Å². The van der Waals surface area contributed by atoms with Crippen LogP contribution in [0.15, 0.2) is 18.2 Å². The SMILES string of the molecule is CCN1CCN(c2ccc(C(=O)N(C)CCC(N)C(C)C)cc2F)CC1.Cl.Cl. The quantitative estimate of drug-likeness (QED) is 0.712. The Morgan fingerprint density at radius 2 is 1.82 bits per heavy atom. The molecule has 8 heteroatoms. The fraction of sp³-hybridized carbons (Fsp3) is 0.650. The van der Waals surface area contributed by atoms with Gasteiger partial charge in [0.15, 0.2) is 0 Å². The Labute approximate surface area is 181 Å². The Bertz CT molecular complexity index is 610. The van der Waals surface area contributed by atoms with Crippen LogP contribution in [0, 0.1) is 11.7 Å². The molecule has 5 nitrogen and oxygen atoms in total. The molecule has 0 aromatic heterocycles. The number of amides is 1. The van der Waals surface area contributed by atoms with E-state index in [9.17, 15) is 9.18 Å². The summed E-state index contributed by atoms with van der Waals surface area (Å²) in [7, 11) is 1.74. The lowest BCUT2D eigenvalue weighted by molar-refractivity contribution is 0.0788. The van der Waals surface area contributed by atoms with Gasteiger partial charge in [0.2, 0.25) is 0 Å². The van der Waals surface area contributed by atoms with Gasteiger partial charge >= 0.3 is 0 Å². The van der Waals surface area contributed by atoms with E-state index in [1.54, 1.807) is 24.1 Å². The van der Waals surface area contributed by atoms with Gasteiger partial charge in [0, 0.05) is 51.4 Å². The number of piperazine rings is 1. The van der Waals surface area contributed by atoms with Crippen molar-refractivity contribution in [1.29, 1.82) is 0 Å². The third kappa shape index (κ3) is 7.07. The van der Waals surface area contributed by atoms with Crippen LogP contribution in [-0.2, 0) is 0 Å². The number of hydrogen-bond donors (Lipinski definition) is 1. The summed E-state index contributed by atoms with van der Waals surface area (Å²) in [5.74, 6) is -0.112. The first-order chi connectivity index (χ1) is 12.3. The molecule has 1 heterocycles. The summed E-state index contributed by atoms with van der Waals surface area (Å²) in [5, 5.41) is 0. The molecule has 1 saturated heterocycles. The number of halogens is 3. The molecular weight excluding hydrogens is 402 g/mol. The predicted molar refractivity (Wildman–Crippen MR) is 120 cm³/mol. The molecule has 1 atom stereocenters. The number of hydrogen-bond acceptors (Lipinski definition) is 4. The van der Waals surface area contributed by atoms with E-state index < -0.39 is 0 Å². The van der Waals surface area contributed by atoms with Crippen molar-refractivity contribution in [3.63, 3.8) is 0 Å². The number of carbonyl (C=O) groups excluding carboxylic acids is 1. The minimum atomic E-state index is -0.326. The summed E-state index contributed by atoms with van der Waals surface area (Å²) in [6.07, 6.45) is 0.738. The number of nitrogens with zero attached hydrogens (tertiary/aromatic N) is 3. The van der Waals surface area contributed by atoms with Gasteiger partial charge in [0.05, 0.1) is 5.69 Å². The van der Waals surface area contributed by atoms with Crippen molar-refractivity contribution in [1.82, 2.24) is 9.80 Å². The Balaban J connectivity index is 0.00000364. The van der Waals surface area contributed by atoms with E-state index in [-0.39, 0.29) is 42.6 Å². The van der Waals surface area contributed by atoms with Crippen LogP contribution in [0.25, 0.3) is 0 Å². The Morgan fingerprint density at radius 1 is 1.21 bits per heavy atom. The van der Waals surface area contributed by atoms with Crippen LogP contribution in [0.5, 0.6) is 0 Å². The molecule has 1 unspecified atom stereocenters. The van der Waals surface area contributed by atoms with Crippen LogP contribution in [0.2, 0.25) is 0 Å². The van der Waals surface area contributed by atoms with Crippen LogP contribution >= 0.6 is 24.8 Å². The van der Waals surface area contributed by atoms with E-state index >= 15 is 0 Å². The zero-order valence-corrected chi connectivity index (χ0v) is 19.0. The maximum atomic E-state index is 14.6. The predicted octanol–water partition coefficient (Wildman–Crippen LogP) is 3.26. The minimum Gasteiger partial charge on any atom is -0.367 e. The first-order valence-electron chi connectivity index (χ1n) is 9.61. The molecule has 0 radical (unpaired) electrons. The molecule has 1 aliphatic rings. The molecule has 0 aliphatic carbocycles. The smallest absolute Gasteiger partial charge is 0.253 e. The molecule has 1 aromatic rings. The van der Waals surface area contributed by atoms with Crippen molar-refractivity contribution in [2.24, 2.45) is 11.7 Å². The Kier molecular flexibility index (Phi) is 12.0. The number of anilines is 1. The van der Waals surface area contributed by atoms with Gasteiger partial charge in [-0.25, -0.2) is 4.39 Å². The van der Waals surface area contributed by atoms with E-state index in [4.69, 9.17) is 5.73 Å². The second kappa shape index (κ2) is 12.5. The van der Waals surface area contributed by atoms with Gasteiger partial charge in [-0.2, -0.15) is 0 Å². The highest BCUT2D eigenvalue weighted by Gasteiger charge is 2.21. The molecule has 1 amide bonds. The number of nitrogens with two attached hydrogens (primary N) is 1. The van der Waals surface area contributed by atoms with Gasteiger partial charge in [0.25, 0.3) is 5.91 Å². The fourth-order valence-corrected chi connectivity index (χ4v) is 3.20. The first kappa shape index (κ1) is 26.9. The van der Waals surface area contributed by atoms with Gasteiger partial charge < -0.3 is 20.4 Å². The number of rotatable bonds is 7. The molecule has 1 aromatic carbocycles. The number of likely N-dealkylation sites (N-methyl/N-ethyl adjacent to an activating group) is 1. The molecule has 28 heavy (non-hydrogen) atoms.